The van der Waals surface area contributed by atoms with Gasteiger partial charge in [0.05, 0.1) is 16.6 Å². The summed E-state index contributed by atoms with van der Waals surface area (Å²) in [4.78, 5) is 19.6. The summed E-state index contributed by atoms with van der Waals surface area (Å²) in [5, 5.41) is 6.24. The number of pyridine rings is 1. The van der Waals surface area contributed by atoms with E-state index in [0.717, 1.165) is 46.5 Å². The Morgan fingerprint density at radius 2 is 0.903 bits per heavy atom. The molecule has 62 heavy (non-hydrogen) atoms. The summed E-state index contributed by atoms with van der Waals surface area (Å²) in [5.41, 5.74) is 13.0. The minimum Gasteiger partial charge on any atom is -0.310 e. The van der Waals surface area contributed by atoms with Gasteiger partial charge in [-0.25, -0.2) is 15.0 Å². The SMILES string of the molecule is C1=c2c(n(-c3cccc(-c4ccc5c(c4)c4ccccc4n5-c4ccccc4)c3)c3ccc(-c4ccnc(-c5nc(-c6ccccc6)nc(-c6ccccc6)n5)c4)cc23)=CCC1. The van der Waals surface area contributed by atoms with Crippen LogP contribution in [0.15, 0.2) is 194 Å². The minimum atomic E-state index is 0.535. The highest BCUT2D eigenvalue weighted by Crippen LogP contribution is 2.36. The minimum absolute atomic E-state index is 0.535. The maximum absolute atomic E-state index is 4.95. The molecule has 12 rings (SSSR count). The lowest BCUT2D eigenvalue weighted by Crippen LogP contribution is -2.30. The van der Waals surface area contributed by atoms with Gasteiger partial charge in [0.2, 0.25) is 0 Å². The lowest BCUT2D eigenvalue weighted by atomic mass is 10.0. The van der Waals surface area contributed by atoms with Gasteiger partial charge in [-0.2, -0.15) is 0 Å². The van der Waals surface area contributed by atoms with Crippen molar-refractivity contribution >= 4 is 44.9 Å². The topological polar surface area (TPSA) is 61.4 Å². The van der Waals surface area contributed by atoms with Gasteiger partial charge in [-0.15, -0.1) is 0 Å². The Hall–Kier alpha value is -8.22. The van der Waals surface area contributed by atoms with Gasteiger partial charge in [-0.05, 0) is 102 Å². The summed E-state index contributed by atoms with van der Waals surface area (Å²) in [7, 11) is 0. The molecule has 0 spiro atoms. The zero-order valence-corrected chi connectivity index (χ0v) is 33.7. The van der Waals surface area contributed by atoms with E-state index in [-0.39, 0.29) is 0 Å². The molecule has 292 valence electrons. The van der Waals surface area contributed by atoms with Crippen molar-refractivity contribution in [2.75, 3.05) is 0 Å². The number of fused-ring (bicyclic) bond motifs is 6. The number of nitrogens with zero attached hydrogens (tertiary/aromatic N) is 6. The van der Waals surface area contributed by atoms with Gasteiger partial charge >= 0.3 is 0 Å². The normalized spacial score (nSPS) is 12.3. The Labute approximate surface area is 358 Å². The van der Waals surface area contributed by atoms with Crippen LogP contribution in [0.4, 0.5) is 0 Å². The Kier molecular flexibility index (Phi) is 8.52. The fraction of sp³-hybridized carbons (Fsp3) is 0.0357. The number of para-hydroxylation sites is 2. The molecule has 0 bridgehead atoms. The average Bonchev–Trinajstić information content (AvgIpc) is 3.87. The van der Waals surface area contributed by atoms with Crippen molar-refractivity contribution in [3.05, 3.63) is 205 Å². The van der Waals surface area contributed by atoms with E-state index in [0.29, 0.717) is 23.2 Å². The maximum Gasteiger partial charge on any atom is 0.182 e. The summed E-state index contributed by atoms with van der Waals surface area (Å²) in [6, 6.07) is 66.3. The maximum atomic E-state index is 4.95. The molecule has 7 aromatic carbocycles. The van der Waals surface area contributed by atoms with Crippen LogP contribution < -0.4 is 10.6 Å². The van der Waals surface area contributed by atoms with Crippen molar-refractivity contribution in [1.29, 1.82) is 0 Å². The van der Waals surface area contributed by atoms with Gasteiger partial charge in [0.15, 0.2) is 17.5 Å². The average molecular weight is 795 g/mol. The molecule has 1 aliphatic rings. The van der Waals surface area contributed by atoms with Gasteiger partial charge in [0.1, 0.15) is 5.69 Å². The molecule has 1 aliphatic carbocycles. The monoisotopic (exact) mass is 794 g/mol. The van der Waals surface area contributed by atoms with Crippen LogP contribution in [0.2, 0.25) is 0 Å². The van der Waals surface area contributed by atoms with Gasteiger partial charge in [-0.3, -0.25) is 4.98 Å². The molecule has 0 aliphatic heterocycles. The third-order valence-electron chi connectivity index (χ3n) is 12.0. The van der Waals surface area contributed by atoms with E-state index in [1.165, 1.54) is 54.4 Å². The van der Waals surface area contributed by atoms with E-state index in [4.69, 9.17) is 19.9 Å². The summed E-state index contributed by atoms with van der Waals surface area (Å²) >= 11 is 0. The van der Waals surface area contributed by atoms with Crippen LogP contribution in [0, 0.1) is 0 Å². The molecule has 0 unspecified atom stereocenters. The molecule has 0 N–H and O–H groups in total. The van der Waals surface area contributed by atoms with Crippen LogP contribution in [0.1, 0.15) is 12.8 Å². The van der Waals surface area contributed by atoms with E-state index >= 15 is 0 Å². The first kappa shape index (κ1) is 35.7. The van der Waals surface area contributed by atoms with E-state index in [2.05, 4.69) is 149 Å². The molecule has 4 aromatic heterocycles. The van der Waals surface area contributed by atoms with Crippen molar-refractivity contribution in [2.24, 2.45) is 0 Å². The summed E-state index contributed by atoms with van der Waals surface area (Å²) in [5.74, 6) is 1.76. The van der Waals surface area contributed by atoms with E-state index < -0.39 is 0 Å². The van der Waals surface area contributed by atoms with Crippen LogP contribution in [-0.4, -0.2) is 29.1 Å². The van der Waals surface area contributed by atoms with Crippen LogP contribution >= 0.6 is 0 Å². The van der Waals surface area contributed by atoms with Crippen molar-refractivity contribution in [3.8, 4) is 67.9 Å². The zero-order chi connectivity index (χ0) is 41.0. The molecule has 0 fully saturated rings. The van der Waals surface area contributed by atoms with Gasteiger partial charge < -0.3 is 9.13 Å². The van der Waals surface area contributed by atoms with Gasteiger partial charge in [-0.1, -0.05) is 133 Å². The lowest BCUT2D eigenvalue weighted by Gasteiger charge is -2.11. The van der Waals surface area contributed by atoms with Gasteiger partial charge in [0, 0.05) is 55.4 Å². The third kappa shape index (κ3) is 6.11. The highest BCUT2D eigenvalue weighted by atomic mass is 15.0. The predicted molar refractivity (Wildman–Crippen MR) is 253 cm³/mol. The zero-order valence-electron chi connectivity index (χ0n) is 33.7. The molecule has 4 heterocycles. The fourth-order valence-corrected chi connectivity index (χ4v) is 9.14. The highest BCUT2D eigenvalue weighted by molar-refractivity contribution is 6.10. The summed E-state index contributed by atoms with van der Waals surface area (Å²) in [6.45, 7) is 0. The quantitative estimate of drug-likeness (QED) is 0.161. The largest absolute Gasteiger partial charge is 0.310 e. The third-order valence-corrected chi connectivity index (χ3v) is 12.0. The van der Waals surface area contributed by atoms with Gasteiger partial charge in [0.25, 0.3) is 0 Å². The molecular weight excluding hydrogens is 757 g/mol. The van der Waals surface area contributed by atoms with Crippen LogP contribution in [0.3, 0.4) is 0 Å². The number of rotatable bonds is 7. The van der Waals surface area contributed by atoms with Crippen LogP contribution in [0.25, 0.3) is 113 Å². The molecule has 0 amide bonds. The standard InChI is InChI=1S/C56H38N6/c1-4-15-37(16-5-1)54-58-55(38-17-6-2-7-18-38)60-56(59-54)49-36-42(31-32-57-49)41-28-30-53-48(35-41)46-24-11-13-26-51(46)62(53)44-22-14-19-39(33-44)40-27-29-52-47(34-40)45-23-10-12-25-50(45)61(52)43-20-8-3-9-21-43/h1-10,12,14-36H,11,13H2. The Morgan fingerprint density at radius 3 is 1.65 bits per heavy atom. The Morgan fingerprint density at radius 1 is 0.355 bits per heavy atom. The number of hydrogen-bond donors (Lipinski definition) is 0. The molecular formula is C56H38N6. The smallest absolute Gasteiger partial charge is 0.182 e. The van der Waals surface area contributed by atoms with Crippen molar-refractivity contribution in [1.82, 2.24) is 29.1 Å². The second-order valence-electron chi connectivity index (χ2n) is 15.8. The molecule has 0 radical (unpaired) electrons. The first-order valence-electron chi connectivity index (χ1n) is 21.1. The summed E-state index contributed by atoms with van der Waals surface area (Å²) < 4.78 is 4.80. The first-order chi connectivity index (χ1) is 30.7. The molecule has 0 saturated carbocycles. The van der Waals surface area contributed by atoms with E-state index in [9.17, 15) is 0 Å². The molecule has 0 saturated heterocycles. The van der Waals surface area contributed by atoms with E-state index in [1.54, 1.807) is 0 Å². The predicted octanol–water partition coefficient (Wildman–Crippen LogP) is 12.0. The summed E-state index contributed by atoms with van der Waals surface area (Å²) in [6.07, 6.45) is 8.67. The molecule has 11 aromatic rings. The van der Waals surface area contributed by atoms with E-state index in [1.807, 2.05) is 66.9 Å². The Bertz CT molecular complexity index is 3570. The second kappa shape index (κ2) is 14.8. The Balaban J connectivity index is 0.946. The number of aromatic nitrogens is 6. The van der Waals surface area contributed by atoms with Crippen molar-refractivity contribution < 1.29 is 0 Å². The number of benzene rings is 7. The molecule has 6 nitrogen and oxygen atoms in total. The molecule has 0 atom stereocenters. The molecule has 6 heteroatoms. The van der Waals surface area contributed by atoms with Crippen molar-refractivity contribution in [3.63, 3.8) is 0 Å². The van der Waals surface area contributed by atoms with Crippen LogP contribution in [-0.2, 0) is 0 Å². The van der Waals surface area contributed by atoms with Crippen LogP contribution in [0.5, 0.6) is 0 Å². The van der Waals surface area contributed by atoms with Crippen molar-refractivity contribution in [2.45, 2.75) is 12.8 Å². The number of hydrogen-bond acceptors (Lipinski definition) is 4. The highest BCUT2D eigenvalue weighted by Gasteiger charge is 2.18. The first-order valence-corrected chi connectivity index (χ1v) is 21.1. The lowest BCUT2D eigenvalue weighted by molar-refractivity contribution is 1.02. The second-order valence-corrected chi connectivity index (χ2v) is 15.8. The fourth-order valence-electron chi connectivity index (χ4n) is 9.14.